The monoisotopic (exact) mass is 239 g/mol. The van der Waals surface area contributed by atoms with Crippen molar-refractivity contribution in [2.24, 2.45) is 0 Å². The van der Waals surface area contributed by atoms with E-state index in [1.54, 1.807) is 12.1 Å². The molecule has 1 saturated heterocycles. The van der Waals surface area contributed by atoms with Gasteiger partial charge in [0.1, 0.15) is 5.82 Å². The number of methoxy groups -OCH3 is 1. The number of ether oxygens (including phenoxy) is 1. The predicted molar refractivity (Wildman–Crippen MR) is 60.4 cm³/mol. The second-order valence-electron chi connectivity index (χ2n) is 3.89. The number of pyridine rings is 1. The molecule has 1 aliphatic rings. The third-order valence-corrected chi connectivity index (χ3v) is 2.72. The zero-order valence-electron chi connectivity index (χ0n) is 9.52. The number of alkyl carbamates (subject to hydrolysis) is 1. The summed E-state index contributed by atoms with van der Waals surface area (Å²) < 4.78 is 17.5. The minimum atomic E-state index is -0.494. The van der Waals surface area contributed by atoms with Crippen LogP contribution in [0.5, 0.6) is 0 Å². The number of carbonyl (C=O) groups is 1. The highest BCUT2D eigenvalue weighted by molar-refractivity contribution is 5.67. The Balaban J connectivity index is 1.96. The number of anilines is 1. The normalized spacial score (nSPS) is 19.2. The molecule has 0 bridgehead atoms. The fourth-order valence-electron chi connectivity index (χ4n) is 1.89. The number of nitrogens with one attached hydrogen (secondary N) is 1. The van der Waals surface area contributed by atoms with Gasteiger partial charge in [-0.3, -0.25) is 0 Å². The van der Waals surface area contributed by atoms with Gasteiger partial charge in [-0.1, -0.05) is 6.07 Å². The van der Waals surface area contributed by atoms with Gasteiger partial charge in [0.2, 0.25) is 5.95 Å². The Hall–Kier alpha value is -1.85. The average Bonchev–Trinajstić information content (AvgIpc) is 2.77. The highest BCUT2D eigenvalue weighted by atomic mass is 19.1. The van der Waals surface area contributed by atoms with Gasteiger partial charge in [-0.25, -0.2) is 9.78 Å². The second-order valence-corrected chi connectivity index (χ2v) is 3.89. The van der Waals surface area contributed by atoms with Gasteiger partial charge in [-0.15, -0.1) is 0 Å². The Labute approximate surface area is 98.6 Å². The van der Waals surface area contributed by atoms with Crippen LogP contribution in [0.2, 0.25) is 0 Å². The number of halogens is 1. The van der Waals surface area contributed by atoms with Crippen molar-refractivity contribution in [2.75, 3.05) is 25.1 Å². The van der Waals surface area contributed by atoms with Crippen molar-refractivity contribution in [3.8, 4) is 0 Å². The molecule has 1 aromatic rings. The Kier molecular flexibility index (Phi) is 3.41. The van der Waals surface area contributed by atoms with E-state index in [1.807, 2.05) is 4.90 Å². The molecule has 2 rings (SSSR count). The molecule has 1 aliphatic heterocycles. The molecular weight excluding hydrogens is 225 g/mol. The Morgan fingerprint density at radius 1 is 1.65 bits per heavy atom. The lowest BCUT2D eigenvalue weighted by Crippen LogP contribution is -2.37. The quantitative estimate of drug-likeness (QED) is 0.787. The zero-order chi connectivity index (χ0) is 12.3. The number of aromatic nitrogens is 1. The topological polar surface area (TPSA) is 54.5 Å². The van der Waals surface area contributed by atoms with Crippen molar-refractivity contribution in [3.05, 3.63) is 24.1 Å². The van der Waals surface area contributed by atoms with E-state index in [4.69, 9.17) is 0 Å². The summed E-state index contributed by atoms with van der Waals surface area (Å²) in [5.74, 6) is 0.103. The molecular formula is C11H14FN3O2. The molecule has 1 N–H and O–H groups in total. The fourth-order valence-corrected chi connectivity index (χ4v) is 1.89. The molecule has 17 heavy (non-hydrogen) atoms. The lowest BCUT2D eigenvalue weighted by atomic mass is 10.3. The fraction of sp³-hybridized carbons (Fsp3) is 0.455. The third-order valence-electron chi connectivity index (χ3n) is 2.72. The smallest absolute Gasteiger partial charge is 0.407 e. The molecule has 1 atom stereocenters. The molecule has 0 saturated carbocycles. The van der Waals surface area contributed by atoms with E-state index in [0.717, 1.165) is 13.0 Å². The molecule has 2 heterocycles. The van der Waals surface area contributed by atoms with E-state index in [0.29, 0.717) is 12.4 Å². The van der Waals surface area contributed by atoms with Gasteiger partial charge in [0.25, 0.3) is 0 Å². The minimum absolute atomic E-state index is 0.0208. The maximum Gasteiger partial charge on any atom is 0.407 e. The molecule has 92 valence electrons. The molecule has 0 aromatic carbocycles. The van der Waals surface area contributed by atoms with Crippen LogP contribution < -0.4 is 10.2 Å². The van der Waals surface area contributed by atoms with E-state index in [2.05, 4.69) is 15.0 Å². The molecule has 1 fully saturated rings. The summed E-state index contributed by atoms with van der Waals surface area (Å²) in [5.41, 5.74) is 0. The molecule has 0 spiro atoms. The summed E-state index contributed by atoms with van der Waals surface area (Å²) in [6.45, 7) is 1.36. The maximum atomic E-state index is 13.0. The van der Waals surface area contributed by atoms with Gasteiger partial charge in [0, 0.05) is 13.1 Å². The van der Waals surface area contributed by atoms with Crippen LogP contribution in [0, 0.1) is 5.95 Å². The van der Waals surface area contributed by atoms with E-state index in [-0.39, 0.29) is 6.04 Å². The number of hydrogen-bond acceptors (Lipinski definition) is 4. The van der Waals surface area contributed by atoms with Crippen molar-refractivity contribution >= 4 is 11.9 Å². The number of nitrogens with zero attached hydrogens (tertiary/aromatic N) is 2. The first kappa shape index (κ1) is 11.6. The number of hydrogen-bond donors (Lipinski definition) is 1. The summed E-state index contributed by atoms with van der Waals surface area (Å²) >= 11 is 0. The van der Waals surface area contributed by atoms with Crippen LogP contribution in [-0.2, 0) is 4.74 Å². The summed E-state index contributed by atoms with van der Waals surface area (Å²) in [7, 11) is 1.33. The Morgan fingerprint density at radius 2 is 2.47 bits per heavy atom. The van der Waals surface area contributed by atoms with Crippen LogP contribution >= 0.6 is 0 Å². The number of amides is 1. The summed E-state index contributed by atoms with van der Waals surface area (Å²) in [5, 5.41) is 2.72. The highest BCUT2D eigenvalue weighted by Crippen LogP contribution is 2.18. The van der Waals surface area contributed by atoms with Crippen molar-refractivity contribution in [3.63, 3.8) is 0 Å². The van der Waals surface area contributed by atoms with Crippen molar-refractivity contribution in [2.45, 2.75) is 12.5 Å². The van der Waals surface area contributed by atoms with Crippen LogP contribution in [0.4, 0.5) is 15.0 Å². The molecule has 1 amide bonds. The molecule has 1 aromatic heterocycles. The zero-order valence-corrected chi connectivity index (χ0v) is 9.52. The van der Waals surface area contributed by atoms with Gasteiger partial charge in [-0.2, -0.15) is 4.39 Å². The second kappa shape index (κ2) is 4.99. The minimum Gasteiger partial charge on any atom is -0.453 e. The van der Waals surface area contributed by atoms with Crippen molar-refractivity contribution < 1.29 is 13.9 Å². The van der Waals surface area contributed by atoms with E-state index < -0.39 is 12.0 Å². The van der Waals surface area contributed by atoms with Gasteiger partial charge in [-0.05, 0) is 18.6 Å². The van der Waals surface area contributed by atoms with E-state index in [1.165, 1.54) is 13.2 Å². The maximum absolute atomic E-state index is 13.0. The third kappa shape index (κ3) is 2.83. The standard InChI is InChI=1S/C11H14FN3O2/c1-17-11(16)13-8-5-6-15(7-8)10-4-2-3-9(12)14-10/h2-4,8H,5-7H2,1H3,(H,13,16). The average molecular weight is 239 g/mol. The molecule has 1 unspecified atom stereocenters. The molecule has 5 nitrogen and oxygen atoms in total. The summed E-state index contributed by atoms with van der Waals surface area (Å²) in [6, 6.07) is 4.71. The van der Waals surface area contributed by atoms with Gasteiger partial charge in [0.15, 0.2) is 0 Å². The lowest BCUT2D eigenvalue weighted by molar-refractivity contribution is 0.167. The SMILES string of the molecule is COC(=O)NC1CCN(c2cccc(F)n2)C1. The first-order valence-electron chi connectivity index (χ1n) is 5.41. The Bertz CT molecular complexity index is 413. The van der Waals surface area contributed by atoms with Crippen molar-refractivity contribution in [1.29, 1.82) is 0 Å². The first-order valence-corrected chi connectivity index (χ1v) is 5.41. The molecule has 0 radical (unpaired) electrons. The van der Waals surface area contributed by atoms with E-state index >= 15 is 0 Å². The van der Waals surface area contributed by atoms with E-state index in [9.17, 15) is 9.18 Å². The van der Waals surface area contributed by atoms with Gasteiger partial charge in [0.05, 0.1) is 13.2 Å². The number of carbonyl (C=O) groups excluding carboxylic acids is 1. The summed E-state index contributed by atoms with van der Waals surface area (Å²) in [6.07, 6.45) is 0.358. The van der Waals surface area contributed by atoms with Crippen LogP contribution in [0.15, 0.2) is 18.2 Å². The van der Waals surface area contributed by atoms with Crippen LogP contribution in [0.25, 0.3) is 0 Å². The summed E-state index contributed by atoms with van der Waals surface area (Å²) in [4.78, 5) is 16.8. The van der Waals surface area contributed by atoms with Crippen molar-refractivity contribution in [1.82, 2.24) is 10.3 Å². The van der Waals surface area contributed by atoms with Crippen LogP contribution in [0.3, 0.4) is 0 Å². The highest BCUT2D eigenvalue weighted by Gasteiger charge is 2.25. The first-order chi connectivity index (χ1) is 8.19. The number of rotatable bonds is 2. The predicted octanol–water partition coefficient (Wildman–Crippen LogP) is 1.16. The van der Waals surface area contributed by atoms with Gasteiger partial charge < -0.3 is 15.0 Å². The van der Waals surface area contributed by atoms with Crippen LogP contribution in [-0.4, -0.2) is 37.3 Å². The molecule has 0 aliphatic carbocycles. The van der Waals surface area contributed by atoms with Gasteiger partial charge >= 0.3 is 6.09 Å². The largest absolute Gasteiger partial charge is 0.453 e. The lowest BCUT2D eigenvalue weighted by Gasteiger charge is -2.17. The molecule has 6 heteroatoms. The Morgan fingerprint density at radius 3 is 3.18 bits per heavy atom. The van der Waals surface area contributed by atoms with Crippen LogP contribution in [0.1, 0.15) is 6.42 Å².